The van der Waals surface area contributed by atoms with Gasteiger partial charge in [-0.05, 0) is 34.2 Å². The number of ether oxygens (including phenoxy) is 2. The summed E-state index contributed by atoms with van der Waals surface area (Å²) in [6, 6.07) is 0. The fourth-order valence-corrected chi connectivity index (χ4v) is 2.03. The van der Waals surface area contributed by atoms with Crippen LogP contribution >= 0.6 is 0 Å². The smallest absolute Gasteiger partial charge is 0.410 e. The molecule has 1 heterocycles. The quantitative estimate of drug-likeness (QED) is 0.811. The Labute approximate surface area is 103 Å². The first-order valence-corrected chi connectivity index (χ1v) is 5.98. The summed E-state index contributed by atoms with van der Waals surface area (Å²) in [5.74, 6) is 0. The topological polar surface area (TPSA) is 50.8 Å². The molecule has 0 unspecified atom stereocenters. The van der Waals surface area contributed by atoms with Crippen molar-refractivity contribution in [3.05, 3.63) is 0 Å². The van der Waals surface area contributed by atoms with Crippen LogP contribution in [-0.2, 0) is 9.47 Å². The molecule has 0 aromatic carbocycles. The Balaban J connectivity index is 2.57. The van der Waals surface area contributed by atoms with Crippen molar-refractivity contribution in [2.75, 3.05) is 33.9 Å². The maximum atomic E-state index is 11.9. The lowest BCUT2D eigenvalue weighted by atomic mass is 10.0. The molecule has 0 bridgehead atoms. The van der Waals surface area contributed by atoms with Crippen LogP contribution in [0.2, 0.25) is 0 Å². The summed E-state index contributed by atoms with van der Waals surface area (Å²) in [7, 11) is 3.58. The SMILES string of the molecule is CN[C@@]1(COC)CCN(C(=O)OC(C)(C)C)C1. The second-order valence-electron chi connectivity index (χ2n) is 5.62. The fourth-order valence-electron chi connectivity index (χ4n) is 2.03. The molecule has 1 aliphatic heterocycles. The highest BCUT2D eigenvalue weighted by Crippen LogP contribution is 2.23. The van der Waals surface area contributed by atoms with E-state index in [9.17, 15) is 4.79 Å². The number of hydrogen-bond acceptors (Lipinski definition) is 4. The summed E-state index contributed by atoms with van der Waals surface area (Å²) in [6.45, 7) is 7.57. The van der Waals surface area contributed by atoms with Gasteiger partial charge < -0.3 is 19.7 Å². The number of hydrogen-bond donors (Lipinski definition) is 1. The van der Waals surface area contributed by atoms with Crippen LogP contribution < -0.4 is 5.32 Å². The van der Waals surface area contributed by atoms with Crippen molar-refractivity contribution < 1.29 is 14.3 Å². The van der Waals surface area contributed by atoms with Gasteiger partial charge in [0.2, 0.25) is 0 Å². The predicted octanol–water partition coefficient (Wildman–Crippen LogP) is 1.23. The van der Waals surface area contributed by atoms with Gasteiger partial charge in [0.05, 0.1) is 12.1 Å². The predicted molar refractivity (Wildman–Crippen MR) is 66.1 cm³/mol. The Morgan fingerprint density at radius 2 is 2.12 bits per heavy atom. The van der Waals surface area contributed by atoms with Crippen LogP contribution in [0.1, 0.15) is 27.2 Å². The third-order valence-corrected chi connectivity index (χ3v) is 2.96. The van der Waals surface area contributed by atoms with Crippen molar-refractivity contribution in [2.45, 2.75) is 38.3 Å². The zero-order valence-electron chi connectivity index (χ0n) is 11.5. The van der Waals surface area contributed by atoms with Crippen LogP contribution in [-0.4, -0.2) is 56.0 Å². The maximum absolute atomic E-state index is 11.9. The minimum absolute atomic E-state index is 0.133. The Morgan fingerprint density at radius 3 is 2.59 bits per heavy atom. The van der Waals surface area contributed by atoms with Gasteiger partial charge in [0, 0.05) is 20.2 Å². The molecule has 1 amide bonds. The van der Waals surface area contributed by atoms with Crippen molar-refractivity contribution in [3.63, 3.8) is 0 Å². The number of likely N-dealkylation sites (tertiary alicyclic amines) is 1. The number of carbonyl (C=O) groups excluding carboxylic acids is 1. The lowest BCUT2D eigenvalue weighted by Gasteiger charge is -2.29. The first kappa shape index (κ1) is 14.3. The molecule has 0 aromatic rings. The minimum atomic E-state index is -0.441. The van der Waals surface area contributed by atoms with Crippen LogP contribution in [0.5, 0.6) is 0 Å². The Hall–Kier alpha value is -0.810. The van der Waals surface area contributed by atoms with Gasteiger partial charge >= 0.3 is 6.09 Å². The monoisotopic (exact) mass is 244 g/mol. The molecule has 1 atom stereocenters. The number of nitrogens with one attached hydrogen (secondary N) is 1. The molecule has 5 heteroatoms. The first-order valence-electron chi connectivity index (χ1n) is 5.98. The number of methoxy groups -OCH3 is 1. The van der Waals surface area contributed by atoms with Crippen LogP contribution in [0.4, 0.5) is 4.79 Å². The highest BCUT2D eigenvalue weighted by molar-refractivity contribution is 5.68. The van der Waals surface area contributed by atoms with Crippen LogP contribution in [0, 0.1) is 0 Å². The zero-order valence-corrected chi connectivity index (χ0v) is 11.5. The maximum Gasteiger partial charge on any atom is 0.410 e. The van der Waals surface area contributed by atoms with Gasteiger partial charge in [0.25, 0.3) is 0 Å². The summed E-state index contributed by atoms with van der Waals surface area (Å²) in [6.07, 6.45) is 0.641. The lowest BCUT2D eigenvalue weighted by molar-refractivity contribution is 0.0265. The van der Waals surface area contributed by atoms with E-state index in [1.165, 1.54) is 0 Å². The Morgan fingerprint density at radius 1 is 1.47 bits per heavy atom. The molecule has 0 aliphatic carbocycles. The number of amides is 1. The van der Waals surface area contributed by atoms with E-state index in [1.807, 2.05) is 27.8 Å². The second kappa shape index (κ2) is 5.23. The van der Waals surface area contributed by atoms with E-state index >= 15 is 0 Å². The van der Waals surface area contributed by atoms with Gasteiger partial charge in [-0.15, -0.1) is 0 Å². The van der Waals surface area contributed by atoms with E-state index in [1.54, 1.807) is 12.0 Å². The summed E-state index contributed by atoms with van der Waals surface area (Å²) < 4.78 is 10.6. The zero-order chi connectivity index (χ0) is 13.1. The average molecular weight is 244 g/mol. The van der Waals surface area contributed by atoms with E-state index in [4.69, 9.17) is 9.47 Å². The molecule has 5 nitrogen and oxygen atoms in total. The minimum Gasteiger partial charge on any atom is -0.444 e. The largest absolute Gasteiger partial charge is 0.444 e. The molecule has 1 fully saturated rings. The van der Waals surface area contributed by atoms with Gasteiger partial charge in [-0.25, -0.2) is 4.79 Å². The van der Waals surface area contributed by atoms with E-state index in [-0.39, 0.29) is 11.6 Å². The van der Waals surface area contributed by atoms with Crippen molar-refractivity contribution in [3.8, 4) is 0 Å². The van der Waals surface area contributed by atoms with Gasteiger partial charge in [-0.3, -0.25) is 0 Å². The fraction of sp³-hybridized carbons (Fsp3) is 0.917. The highest BCUT2D eigenvalue weighted by Gasteiger charge is 2.40. The molecule has 1 saturated heterocycles. The van der Waals surface area contributed by atoms with E-state index in [0.29, 0.717) is 19.7 Å². The van der Waals surface area contributed by atoms with E-state index in [2.05, 4.69) is 5.32 Å². The summed E-state index contributed by atoms with van der Waals surface area (Å²) in [5, 5.41) is 3.25. The molecule has 0 aromatic heterocycles. The van der Waals surface area contributed by atoms with Crippen molar-refractivity contribution >= 4 is 6.09 Å². The molecule has 1 N–H and O–H groups in total. The molecule has 1 rings (SSSR count). The third kappa shape index (κ3) is 3.85. The third-order valence-electron chi connectivity index (χ3n) is 2.96. The van der Waals surface area contributed by atoms with Crippen molar-refractivity contribution in [1.29, 1.82) is 0 Å². The van der Waals surface area contributed by atoms with Crippen LogP contribution in [0.25, 0.3) is 0 Å². The lowest BCUT2D eigenvalue weighted by Crippen LogP contribution is -2.50. The molecular formula is C12H24N2O3. The van der Waals surface area contributed by atoms with Gasteiger partial charge in [-0.1, -0.05) is 0 Å². The molecule has 0 saturated carbocycles. The summed E-state index contributed by atoms with van der Waals surface area (Å²) >= 11 is 0. The number of carbonyl (C=O) groups is 1. The molecule has 100 valence electrons. The normalized spacial score (nSPS) is 25.1. The van der Waals surface area contributed by atoms with Gasteiger partial charge in [-0.2, -0.15) is 0 Å². The van der Waals surface area contributed by atoms with Crippen molar-refractivity contribution in [1.82, 2.24) is 10.2 Å². The molecule has 1 aliphatic rings. The molecule has 0 spiro atoms. The Kier molecular flexibility index (Phi) is 4.38. The van der Waals surface area contributed by atoms with E-state index in [0.717, 1.165) is 6.42 Å². The standard InChI is InChI=1S/C12H24N2O3/c1-11(2,3)17-10(15)14-7-6-12(8-14,13-4)9-16-5/h13H,6-9H2,1-5H3/t12-/m0/s1. The molecule has 0 radical (unpaired) electrons. The van der Waals surface area contributed by atoms with E-state index < -0.39 is 5.60 Å². The number of likely N-dealkylation sites (N-methyl/N-ethyl adjacent to an activating group) is 1. The summed E-state index contributed by atoms with van der Waals surface area (Å²) in [5.41, 5.74) is -0.575. The first-order chi connectivity index (χ1) is 7.82. The van der Waals surface area contributed by atoms with Crippen LogP contribution in [0.15, 0.2) is 0 Å². The van der Waals surface area contributed by atoms with Crippen LogP contribution in [0.3, 0.4) is 0 Å². The summed E-state index contributed by atoms with van der Waals surface area (Å²) in [4.78, 5) is 13.6. The molecular weight excluding hydrogens is 220 g/mol. The molecule has 17 heavy (non-hydrogen) atoms. The second-order valence-corrected chi connectivity index (χ2v) is 5.62. The number of nitrogens with zero attached hydrogens (tertiary/aromatic N) is 1. The van der Waals surface area contributed by atoms with Gasteiger partial charge in [0.15, 0.2) is 0 Å². The Bertz CT molecular complexity index is 275. The number of rotatable bonds is 3. The van der Waals surface area contributed by atoms with Crippen molar-refractivity contribution in [2.24, 2.45) is 0 Å². The average Bonchev–Trinajstić information content (AvgIpc) is 2.61. The van der Waals surface area contributed by atoms with Gasteiger partial charge in [0.1, 0.15) is 5.60 Å². The highest BCUT2D eigenvalue weighted by atomic mass is 16.6.